The minimum atomic E-state index is -4.47. The molecule has 0 saturated heterocycles. The molecule has 7 heteroatoms. The van der Waals surface area contributed by atoms with E-state index < -0.39 is 27.6 Å². The Hall–Kier alpha value is -1.08. The fourth-order valence-corrected chi connectivity index (χ4v) is 2.89. The maximum absolute atomic E-state index is 12.3. The molecule has 2 N–H and O–H groups in total. The molecular formula is C11H14F3NO2S. The molecule has 1 aromatic carbocycles. The van der Waals surface area contributed by atoms with Gasteiger partial charge in [-0.1, -0.05) is 6.92 Å². The van der Waals surface area contributed by atoms with Crippen LogP contribution in [0, 0.1) is 0 Å². The summed E-state index contributed by atoms with van der Waals surface area (Å²) in [6, 6.07) is 2.91. The summed E-state index contributed by atoms with van der Waals surface area (Å²) < 4.78 is 60.5. The summed E-state index contributed by atoms with van der Waals surface area (Å²) in [5.74, 6) is -0.269. The van der Waals surface area contributed by atoms with Crippen molar-refractivity contribution >= 4 is 9.84 Å². The third kappa shape index (κ3) is 3.71. The van der Waals surface area contributed by atoms with Crippen LogP contribution in [-0.2, 0) is 16.0 Å². The van der Waals surface area contributed by atoms with Gasteiger partial charge in [0.1, 0.15) is 0 Å². The molecule has 0 amide bonds. The molecule has 0 aliphatic carbocycles. The van der Waals surface area contributed by atoms with E-state index in [0.717, 1.165) is 24.3 Å². The first-order valence-electron chi connectivity index (χ1n) is 5.32. The second-order valence-corrected chi connectivity index (χ2v) is 6.01. The van der Waals surface area contributed by atoms with Crippen LogP contribution in [0.3, 0.4) is 0 Å². The molecule has 0 aliphatic heterocycles. The molecule has 102 valence electrons. The van der Waals surface area contributed by atoms with Crippen LogP contribution in [0.4, 0.5) is 13.2 Å². The third-order valence-corrected chi connectivity index (χ3v) is 4.36. The van der Waals surface area contributed by atoms with Gasteiger partial charge in [0, 0.05) is 6.04 Å². The largest absolute Gasteiger partial charge is 0.416 e. The Morgan fingerprint density at radius 1 is 1.22 bits per heavy atom. The number of hydrogen-bond donors (Lipinski definition) is 1. The van der Waals surface area contributed by atoms with Gasteiger partial charge < -0.3 is 5.73 Å². The summed E-state index contributed by atoms with van der Waals surface area (Å²) in [4.78, 5) is -0.139. The van der Waals surface area contributed by atoms with E-state index in [1.165, 1.54) is 0 Å². The summed E-state index contributed by atoms with van der Waals surface area (Å²) in [5.41, 5.74) is 4.66. The summed E-state index contributed by atoms with van der Waals surface area (Å²) in [6.45, 7) is 1.74. The first-order chi connectivity index (χ1) is 8.16. The van der Waals surface area contributed by atoms with Gasteiger partial charge in [-0.05, 0) is 30.7 Å². The van der Waals surface area contributed by atoms with Gasteiger partial charge in [-0.2, -0.15) is 13.2 Å². The van der Waals surface area contributed by atoms with Gasteiger partial charge in [0.05, 0.1) is 16.2 Å². The lowest BCUT2D eigenvalue weighted by Crippen LogP contribution is -2.28. The summed E-state index contributed by atoms with van der Waals surface area (Å²) in [5, 5.41) is 0. The lowest BCUT2D eigenvalue weighted by atomic mass is 10.2. The lowest BCUT2D eigenvalue weighted by molar-refractivity contribution is -0.137. The van der Waals surface area contributed by atoms with Crippen molar-refractivity contribution < 1.29 is 21.6 Å². The van der Waals surface area contributed by atoms with Crippen molar-refractivity contribution in [2.24, 2.45) is 5.73 Å². The second kappa shape index (κ2) is 5.27. The van der Waals surface area contributed by atoms with Crippen LogP contribution in [0.5, 0.6) is 0 Å². The molecule has 3 nitrogen and oxygen atoms in total. The fraction of sp³-hybridized carbons (Fsp3) is 0.455. The number of nitrogens with two attached hydrogens (primary N) is 1. The van der Waals surface area contributed by atoms with E-state index in [2.05, 4.69) is 0 Å². The minimum Gasteiger partial charge on any atom is -0.327 e. The van der Waals surface area contributed by atoms with Crippen molar-refractivity contribution in [1.82, 2.24) is 0 Å². The Morgan fingerprint density at radius 2 is 1.72 bits per heavy atom. The predicted molar refractivity (Wildman–Crippen MR) is 61.8 cm³/mol. The van der Waals surface area contributed by atoms with Crippen molar-refractivity contribution in [3.05, 3.63) is 29.8 Å². The highest BCUT2D eigenvalue weighted by Gasteiger charge is 2.30. The highest BCUT2D eigenvalue weighted by atomic mass is 32.2. The number of sulfone groups is 1. The standard InChI is InChI=1S/C11H14F3NO2S/c1-2-9(15)7-18(16,17)10-5-3-8(4-6-10)11(12,13)14/h3-6,9H,2,7,15H2,1H3. The van der Waals surface area contributed by atoms with Gasteiger partial charge >= 0.3 is 6.18 Å². The van der Waals surface area contributed by atoms with Gasteiger partial charge in [-0.25, -0.2) is 8.42 Å². The average Bonchev–Trinajstić information content (AvgIpc) is 2.27. The summed E-state index contributed by atoms with van der Waals surface area (Å²) in [7, 11) is -3.63. The topological polar surface area (TPSA) is 60.2 Å². The molecule has 1 atom stereocenters. The predicted octanol–water partition coefficient (Wildman–Crippen LogP) is 2.22. The third-order valence-electron chi connectivity index (χ3n) is 2.50. The SMILES string of the molecule is CCC(N)CS(=O)(=O)c1ccc(C(F)(F)F)cc1. The maximum atomic E-state index is 12.3. The van der Waals surface area contributed by atoms with Crippen LogP contribution in [-0.4, -0.2) is 20.2 Å². The Bertz CT molecular complexity index is 494. The summed E-state index contributed by atoms with van der Waals surface area (Å²) in [6.07, 6.45) is -3.98. The Morgan fingerprint density at radius 3 is 2.11 bits per heavy atom. The van der Waals surface area contributed by atoms with Crippen molar-refractivity contribution in [3.8, 4) is 0 Å². The van der Waals surface area contributed by atoms with Crippen LogP contribution in [0.1, 0.15) is 18.9 Å². The molecule has 0 saturated carbocycles. The smallest absolute Gasteiger partial charge is 0.327 e. The minimum absolute atomic E-state index is 0.139. The second-order valence-electron chi connectivity index (χ2n) is 3.97. The molecule has 0 aromatic heterocycles. The molecule has 0 fully saturated rings. The number of rotatable bonds is 4. The van der Waals surface area contributed by atoms with Gasteiger partial charge in [-0.15, -0.1) is 0 Å². The van der Waals surface area contributed by atoms with Gasteiger partial charge in [-0.3, -0.25) is 0 Å². The van der Waals surface area contributed by atoms with Crippen LogP contribution in [0.15, 0.2) is 29.2 Å². The highest BCUT2D eigenvalue weighted by molar-refractivity contribution is 7.91. The van der Waals surface area contributed by atoms with Crippen LogP contribution >= 0.6 is 0 Å². The maximum Gasteiger partial charge on any atom is 0.416 e. The molecule has 0 aliphatic rings. The van der Waals surface area contributed by atoms with E-state index in [-0.39, 0.29) is 10.6 Å². The van der Waals surface area contributed by atoms with Crippen LogP contribution in [0.25, 0.3) is 0 Å². The molecular weight excluding hydrogens is 267 g/mol. The van der Waals surface area contributed by atoms with Crippen LogP contribution in [0.2, 0.25) is 0 Å². The number of halogens is 3. The van der Waals surface area contributed by atoms with E-state index in [0.29, 0.717) is 6.42 Å². The normalized spacial score (nSPS) is 14.5. The van der Waals surface area contributed by atoms with Crippen molar-refractivity contribution in [2.45, 2.75) is 30.5 Å². The quantitative estimate of drug-likeness (QED) is 0.920. The van der Waals surface area contributed by atoms with Gasteiger partial charge in [0.2, 0.25) is 0 Å². The van der Waals surface area contributed by atoms with Crippen molar-refractivity contribution in [2.75, 3.05) is 5.75 Å². The molecule has 0 bridgehead atoms. The molecule has 0 radical (unpaired) electrons. The highest BCUT2D eigenvalue weighted by Crippen LogP contribution is 2.29. The molecule has 0 spiro atoms. The molecule has 0 heterocycles. The van der Waals surface area contributed by atoms with Crippen LogP contribution < -0.4 is 5.73 Å². The van der Waals surface area contributed by atoms with Gasteiger partial charge in [0.15, 0.2) is 9.84 Å². The molecule has 1 aromatic rings. The van der Waals surface area contributed by atoms with Crippen molar-refractivity contribution in [3.63, 3.8) is 0 Å². The summed E-state index contributed by atoms with van der Waals surface area (Å²) >= 11 is 0. The van der Waals surface area contributed by atoms with Gasteiger partial charge in [0.25, 0.3) is 0 Å². The van der Waals surface area contributed by atoms with E-state index in [9.17, 15) is 21.6 Å². The zero-order valence-corrected chi connectivity index (χ0v) is 10.6. The molecule has 1 unspecified atom stereocenters. The van der Waals surface area contributed by atoms with E-state index in [4.69, 9.17) is 5.73 Å². The zero-order valence-electron chi connectivity index (χ0n) is 9.74. The monoisotopic (exact) mass is 281 g/mol. The Balaban J connectivity index is 2.98. The zero-order chi connectivity index (χ0) is 14.0. The average molecular weight is 281 g/mol. The first kappa shape index (κ1) is 15.0. The fourth-order valence-electron chi connectivity index (χ4n) is 1.35. The van der Waals surface area contributed by atoms with E-state index >= 15 is 0 Å². The number of benzene rings is 1. The first-order valence-corrected chi connectivity index (χ1v) is 6.97. The number of hydrogen-bond acceptors (Lipinski definition) is 3. The van der Waals surface area contributed by atoms with E-state index in [1.807, 2.05) is 0 Å². The lowest BCUT2D eigenvalue weighted by Gasteiger charge is -2.11. The van der Waals surface area contributed by atoms with E-state index in [1.54, 1.807) is 6.92 Å². The van der Waals surface area contributed by atoms with Crippen molar-refractivity contribution in [1.29, 1.82) is 0 Å². The molecule has 1 rings (SSSR count). The number of alkyl halides is 3. The molecule has 18 heavy (non-hydrogen) atoms. The Labute approximate surface area is 104 Å². The Kier molecular flexibility index (Phi) is 4.39.